The number of rotatable bonds is 8. The summed E-state index contributed by atoms with van der Waals surface area (Å²) in [6.45, 7) is 2.11. The van der Waals surface area contributed by atoms with Crippen LogP contribution in [0.2, 0.25) is 0 Å². The maximum Gasteiger partial charge on any atom is 0.419 e. The molecular formula is C16H20F4O. The zero-order chi connectivity index (χ0) is 15.9. The molecule has 0 atom stereocenters. The molecule has 0 aliphatic rings. The summed E-state index contributed by atoms with van der Waals surface area (Å²) in [5.74, 6) is -1.70. The third-order valence-corrected chi connectivity index (χ3v) is 3.35. The molecule has 118 valence electrons. The van der Waals surface area contributed by atoms with Gasteiger partial charge in [0.25, 0.3) is 0 Å². The first-order valence-electron chi connectivity index (χ1n) is 7.26. The topological polar surface area (TPSA) is 17.1 Å². The van der Waals surface area contributed by atoms with Crippen LogP contribution in [0.15, 0.2) is 18.2 Å². The van der Waals surface area contributed by atoms with Gasteiger partial charge in [0.1, 0.15) is 5.82 Å². The molecule has 1 nitrogen and oxygen atoms in total. The highest BCUT2D eigenvalue weighted by molar-refractivity contribution is 5.96. The fraction of sp³-hybridized carbons (Fsp3) is 0.562. The van der Waals surface area contributed by atoms with Crippen molar-refractivity contribution in [3.63, 3.8) is 0 Å². The Kier molecular flexibility index (Phi) is 6.85. The van der Waals surface area contributed by atoms with E-state index in [0.29, 0.717) is 18.6 Å². The molecule has 0 spiro atoms. The highest BCUT2D eigenvalue weighted by Gasteiger charge is 2.34. The van der Waals surface area contributed by atoms with E-state index in [1.54, 1.807) is 0 Å². The molecule has 0 fully saturated rings. The first-order chi connectivity index (χ1) is 9.86. The Labute approximate surface area is 122 Å². The van der Waals surface area contributed by atoms with E-state index in [9.17, 15) is 22.4 Å². The summed E-state index contributed by atoms with van der Waals surface area (Å²) in [5.41, 5.74) is -1.33. The Morgan fingerprint density at radius 1 is 1.05 bits per heavy atom. The average Bonchev–Trinajstić information content (AvgIpc) is 2.41. The van der Waals surface area contributed by atoms with Gasteiger partial charge in [-0.1, -0.05) is 45.1 Å². The van der Waals surface area contributed by atoms with Gasteiger partial charge in [-0.25, -0.2) is 4.39 Å². The van der Waals surface area contributed by atoms with E-state index in [0.717, 1.165) is 38.2 Å². The van der Waals surface area contributed by atoms with E-state index >= 15 is 0 Å². The largest absolute Gasteiger partial charge is 0.419 e. The van der Waals surface area contributed by atoms with Gasteiger partial charge in [0.05, 0.1) is 5.56 Å². The van der Waals surface area contributed by atoms with Crippen molar-refractivity contribution in [3.05, 3.63) is 35.1 Å². The number of Topliss-reactive ketones (excluding diaryl/α,β-unsaturated/α-hetero) is 1. The van der Waals surface area contributed by atoms with Gasteiger partial charge >= 0.3 is 6.18 Å². The maximum absolute atomic E-state index is 13.4. The Bertz CT molecular complexity index is 466. The lowest BCUT2D eigenvalue weighted by atomic mass is 10.0. The van der Waals surface area contributed by atoms with Crippen LogP contribution in [0.4, 0.5) is 17.6 Å². The van der Waals surface area contributed by atoms with Crippen LogP contribution in [0.5, 0.6) is 0 Å². The minimum atomic E-state index is -4.73. The molecule has 5 heteroatoms. The van der Waals surface area contributed by atoms with Crippen molar-refractivity contribution in [2.45, 2.75) is 58.0 Å². The highest BCUT2D eigenvalue weighted by atomic mass is 19.4. The van der Waals surface area contributed by atoms with Crippen LogP contribution in [0.25, 0.3) is 0 Å². The molecule has 0 saturated heterocycles. The Morgan fingerprint density at radius 3 is 2.24 bits per heavy atom. The van der Waals surface area contributed by atoms with Crippen molar-refractivity contribution in [2.24, 2.45) is 0 Å². The van der Waals surface area contributed by atoms with E-state index in [4.69, 9.17) is 0 Å². The van der Waals surface area contributed by atoms with Crippen molar-refractivity contribution >= 4 is 5.78 Å². The fourth-order valence-electron chi connectivity index (χ4n) is 2.13. The third-order valence-electron chi connectivity index (χ3n) is 3.35. The first-order valence-corrected chi connectivity index (χ1v) is 7.26. The SMILES string of the molecule is CCCCCCCCC(=O)c1ccc(C(F)(F)F)c(F)c1. The van der Waals surface area contributed by atoms with Crippen LogP contribution in [0.3, 0.4) is 0 Å². The number of halogens is 4. The molecule has 0 aliphatic heterocycles. The Hall–Kier alpha value is -1.39. The van der Waals surface area contributed by atoms with Gasteiger partial charge in [0.15, 0.2) is 5.78 Å². The smallest absolute Gasteiger partial charge is 0.294 e. The second-order valence-corrected chi connectivity index (χ2v) is 5.13. The first kappa shape index (κ1) is 17.7. The van der Waals surface area contributed by atoms with Crippen LogP contribution in [0, 0.1) is 5.82 Å². The van der Waals surface area contributed by atoms with E-state index in [1.165, 1.54) is 0 Å². The van der Waals surface area contributed by atoms with Crippen LogP contribution >= 0.6 is 0 Å². The number of benzene rings is 1. The van der Waals surface area contributed by atoms with Crippen LogP contribution in [-0.4, -0.2) is 5.78 Å². The standard InChI is InChI=1S/C16H20F4O/c1-2-3-4-5-6-7-8-15(21)12-9-10-13(14(17)11-12)16(18,19)20/h9-11H,2-8H2,1H3. The zero-order valence-corrected chi connectivity index (χ0v) is 12.1. The number of hydrogen-bond donors (Lipinski definition) is 0. The number of carbonyl (C=O) groups is 1. The normalized spacial score (nSPS) is 11.7. The summed E-state index contributed by atoms with van der Waals surface area (Å²) >= 11 is 0. The van der Waals surface area contributed by atoms with Crippen LogP contribution in [0.1, 0.15) is 67.8 Å². The van der Waals surface area contributed by atoms with Gasteiger partial charge < -0.3 is 0 Å². The molecule has 1 rings (SSSR count). The number of carbonyl (C=O) groups excluding carboxylic acids is 1. The molecule has 0 aromatic heterocycles. The lowest BCUT2D eigenvalue weighted by Crippen LogP contribution is -2.09. The van der Waals surface area contributed by atoms with E-state index < -0.39 is 17.6 Å². The predicted molar refractivity (Wildman–Crippen MR) is 73.7 cm³/mol. The number of hydrogen-bond acceptors (Lipinski definition) is 1. The van der Waals surface area contributed by atoms with E-state index in [2.05, 4.69) is 6.92 Å². The van der Waals surface area contributed by atoms with E-state index in [1.807, 2.05) is 0 Å². The van der Waals surface area contributed by atoms with Crippen molar-refractivity contribution < 1.29 is 22.4 Å². The number of alkyl halides is 3. The summed E-state index contributed by atoms with van der Waals surface area (Å²) in [7, 11) is 0. The lowest BCUT2D eigenvalue weighted by Gasteiger charge is -2.09. The Balaban J connectivity index is 2.50. The maximum atomic E-state index is 13.4. The summed E-state index contributed by atoms with van der Waals surface area (Å²) in [6.07, 6.45) is 1.59. The second-order valence-electron chi connectivity index (χ2n) is 5.13. The van der Waals surface area contributed by atoms with Gasteiger partial charge in [-0.05, 0) is 18.6 Å². The van der Waals surface area contributed by atoms with Crippen molar-refractivity contribution in [2.75, 3.05) is 0 Å². The number of ketones is 1. The third kappa shape index (κ3) is 5.86. The monoisotopic (exact) mass is 304 g/mol. The van der Waals surface area contributed by atoms with Crippen molar-refractivity contribution in [1.29, 1.82) is 0 Å². The van der Waals surface area contributed by atoms with E-state index in [-0.39, 0.29) is 17.8 Å². The van der Waals surface area contributed by atoms with Crippen molar-refractivity contribution in [3.8, 4) is 0 Å². The molecule has 0 aliphatic carbocycles. The molecular weight excluding hydrogens is 284 g/mol. The zero-order valence-electron chi connectivity index (χ0n) is 12.1. The summed E-state index contributed by atoms with van der Waals surface area (Å²) in [4.78, 5) is 11.8. The van der Waals surface area contributed by atoms with Gasteiger partial charge in [-0.3, -0.25) is 4.79 Å². The minimum Gasteiger partial charge on any atom is -0.294 e. The minimum absolute atomic E-state index is 0.00839. The highest BCUT2D eigenvalue weighted by Crippen LogP contribution is 2.31. The number of unbranched alkanes of at least 4 members (excludes halogenated alkanes) is 5. The summed E-state index contributed by atoms with van der Waals surface area (Å²) in [5, 5.41) is 0. The predicted octanol–water partition coefficient (Wildman–Crippen LogP) is 5.78. The van der Waals surface area contributed by atoms with Crippen LogP contribution < -0.4 is 0 Å². The molecule has 0 heterocycles. The molecule has 1 aromatic carbocycles. The van der Waals surface area contributed by atoms with Crippen LogP contribution in [-0.2, 0) is 6.18 Å². The fourth-order valence-corrected chi connectivity index (χ4v) is 2.13. The lowest BCUT2D eigenvalue weighted by molar-refractivity contribution is -0.140. The molecule has 0 unspecified atom stereocenters. The van der Waals surface area contributed by atoms with Gasteiger partial charge in [-0.2, -0.15) is 13.2 Å². The molecule has 0 saturated carbocycles. The summed E-state index contributed by atoms with van der Waals surface area (Å²) < 4.78 is 50.6. The molecule has 1 aromatic rings. The molecule has 0 amide bonds. The second kappa shape index (κ2) is 8.15. The van der Waals surface area contributed by atoms with Gasteiger partial charge in [0, 0.05) is 12.0 Å². The van der Waals surface area contributed by atoms with Gasteiger partial charge in [0.2, 0.25) is 0 Å². The summed E-state index contributed by atoms with van der Waals surface area (Å²) in [6, 6.07) is 2.36. The molecule has 0 bridgehead atoms. The molecule has 0 radical (unpaired) electrons. The van der Waals surface area contributed by atoms with Gasteiger partial charge in [-0.15, -0.1) is 0 Å². The molecule has 21 heavy (non-hydrogen) atoms. The molecule has 0 N–H and O–H groups in total. The quantitative estimate of drug-likeness (QED) is 0.338. The average molecular weight is 304 g/mol. The van der Waals surface area contributed by atoms with Crippen molar-refractivity contribution in [1.82, 2.24) is 0 Å². The Morgan fingerprint density at radius 2 is 1.67 bits per heavy atom.